The summed E-state index contributed by atoms with van der Waals surface area (Å²) in [6.07, 6.45) is 12.0. The van der Waals surface area contributed by atoms with Gasteiger partial charge in [0.05, 0.1) is 18.4 Å². The zero-order valence-corrected chi connectivity index (χ0v) is 17.2. The molecule has 0 amide bonds. The van der Waals surface area contributed by atoms with Crippen LogP contribution in [0.15, 0.2) is 24.7 Å². The second kappa shape index (κ2) is 8.78. The highest BCUT2D eigenvalue weighted by atomic mass is 19.3. The molecule has 0 radical (unpaired) electrons. The van der Waals surface area contributed by atoms with E-state index in [0.717, 1.165) is 30.2 Å². The Labute approximate surface area is 171 Å². The molecule has 1 N–H and O–H groups in total. The first-order chi connectivity index (χ1) is 14.0. The molecule has 158 valence electrons. The Balaban J connectivity index is 1.47. The smallest absolute Gasteiger partial charge is 0.250 e. The quantitative estimate of drug-likeness (QED) is 0.728. The summed E-state index contributed by atoms with van der Waals surface area (Å²) in [5.41, 5.74) is 3.39. The minimum absolute atomic E-state index is 0.0352. The number of nitrogens with zero attached hydrogens (tertiary/aromatic N) is 4. The fourth-order valence-corrected chi connectivity index (χ4v) is 4.43. The molecule has 29 heavy (non-hydrogen) atoms. The van der Waals surface area contributed by atoms with Gasteiger partial charge in [0, 0.05) is 50.4 Å². The summed E-state index contributed by atoms with van der Waals surface area (Å²) in [6, 6.07) is 1.99. The van der Waals surface area contributed by atoms with E-state index in [4.69, 9.17) is 5.10 Å². The van der Waals surface area contributed by atoms with Crippen molar-refractivity contribution < 1.29 is 8.78 Å². The van der Waals surface area contributed by atoms with Gasteiger partial charge in [-0.25, -0.2) is 8.78 Å². The number of halogens is 2. The van der Waals surface area contributed by atoms with E-state index in [2.05, 4.69) is 28.3 Å². The number of nitrogens with one attached hydrogen (secondary N) is 1. The lowest BCUT2D eigenvalue weighted by Crippen LogP contribution is -2.40. The third kappa shape index (κ3) is 5.13. The third-order valence-electron chi connectivity index (χ3n) is 6.36. The van der Waals surface area contributed by atoms with Crippen LogP contribution in [0.4, 0.5) is 20.3 Å². The first kappa shape index (κ1) is 20.3. The van der Waals surface area contributed by atoms with E-state index < -0.39 is 5.92 Å². The Hall–Kier alpha value is -2.02. The number of rotatable bonds is 6. The summed E-state index contributed by atoms with van der Waals surface area (Å²) in [7, 11) is 0. The number of likely N-dealkylation sites (tertiary alicyclic amines) is 1. The maximum absolute atomic E-state index is 13.4. The zero-order valence-electron chi connectivity index (χ0n) is 17.2. The van der Waals surface area contributed by atoms with Crippen LogP contribution in [0.1, 0.15) is 62.0 Å². The lowest BCUT2D eigenvalue weighted by Gasteiger charge is -2.31. The van der Waals surface area contributed by atoms with E-state index in [9.17, 15) is 8.78 Å². The number of alkyl halides is 2. The first-order valence-electron chi connectivity index (χ1n) is 10.9. The Kier molecular flexibility index (Phi) is 6.13. The Morgan fingerprint density at radius 1 is 1.14 bits per heavy atom. The molecule has 7 heteroatoms. The van der Waals surface area contributed by atoms with Crippen LogP contribution in [-0.4, -0.2) is 45.2 Å². The Bertz CT molecular complexity index is 803. The molecule has 1 aliphatic heterocycles. The van der Waals surface area contributed by atoms with Crippen LogP contribution >= 0.6 is 0 Å². The van der Waals surface area contributed by atoms with Crippen LogP contribution in [0.25, 0.3) is 0 Å². The van der Waals surface area contributed by atoms with Gasteiger partial charge >= 0.3 is 0 Å². The number of anilines is 2. The van der Waals surface area contributed by atoms with Crippen LogP contribution < -0.4 is 5.32 Å². The van der Waals surface area contributed by atoms with E-state index in [0.29, 0.717) is 19.0 Å². The molecule has 4 rings (SSSR count). The van der Waals surface area contributed by atoms with Gasteiger partial charge in [0.15, 0.2) is 5.82 Å². The number of aromatic nitrogens is 3. The molecule has 1 aliphatic carbocycles. The lowest BCUT2D eigenvalue weighted by atomic mass is 9.85. The first-order valence-corrected chi connectivity index (χ1v) is 10.9. The molecule has 0 unspecified atom stereocenters. The highest BCUT2D eigenvalue weighted by Crippen LogP contribution is 2.37. The molecular weight excluding hydrogens is 372 g/mol. The summed E-state index contributed by atoms with van der Waals surface area (Å²) >= 11 is 0. The molecule has 0 spiro atoms. The molecule has 2 aromatic heterocycles. The van der Waals surface area contributed by atoms with Gasteiger partial charge in [-0.3, -0.25) is 9.67 Å². The van der Waals surface area contributed by atoms with Gasteiger partial charge in [0.25, 0.3) is 5.92 Å². The number of hydrogen-bond donors (Lipinski definition) is 1. The van der Waals surface area contributed by atoms with Gasteiger partial charge in [0.2, 0.25) is 0 Å². The van der Waals surface area contributed by atoms with Crippen LogP contribution in [0.5, 0.6) is 0 Å². The van der Waals surface area contributed by atoms with Crippen LogP contribution in [0, 0.1) is 6.92 Å². The van der Waals surface area contributed by atoms with Crippen molar-refractivity contribution in [2.45, 2.75) is 70.3 Å². The van der Waals surface area contributed by atoms with Gasteiger partial charge in [-0.2, -0.15) is 5.10 Å². The predicted molar refractivity (Wildman–Crippen MR) is 111 cm³/mol. The molecule has 0 atom stereocenters. The standard InChI is InChI=1S/C22H31F2N5/c1-17-7-10-25-15-20(17)26-21-19(18-5-3-2-4-6-18)16-29(27-21)14-13-28-11-8-22(23,24)9-12-28/h7,10,15-16,18H,2-6,8-9,11-14H2,1H3,(H,26,27). The molecule has 0 bridgehead atoms. The minimum Gasteiger partial charge on any atom is -0.337 e. The second-order valence-electron chi connectivity index (χ2n) is 8.54. The average Bonchev–Trinajstić information content (AvgIpc) is 3.12. The Morgan fingerprint density at radius 2 is 1.90 bits per heavy atom. The molecular formula is C22H31F2N5. The monoisotopic (exact) mass is 403 g/mol. The molecule has 2 aliphatic rings. The maximum Gasteiger partial charge on any atom is 0.250 e. The van der Waals surface area contributed by atoms with E-state index in [1.807, 2.05) is 16.9 Å². The molecule has 2 aromatic rings. The number of pyridine rings is 1. The molecule has 1 saturated carbocycles. The van der Waals surface area contributed by atoms with Gasteiger partial charge in [0.1, 0.15) is 0 Å². The van der Waals surface area contributed by atoms with Gasteiger partial charge in [-0.05, 0) is 37.3 Å². The van der Waals surface area contributed by atoms with E-state index >= 15 is 0 Å². The van der Waals surface area contributed by atoms with Crippen LogP contribution in [-0.2, 0) is 6.54 Å². The average molecular weight is 404 g/mol. The van der Waals surface area contributed by atoms with Crippen molar-refractivity contribution in [2.24, 2.45) is 0 Å². The second-order valence-corrected chi connectivity index (χ2v) is 8.54. The van der Waals surface area contributed by atoms with E-state index in [1.165, 1.54) is 37.7 Å². The van der Waals surface area contributed by atoms with Crippen molar-refractivity contribution in [3.63, 3.8) is 0 Å². The highest BCUT2D eigenvalue weighted by Gasteiger charge is 2.33. The van der Waals surface area contributed by atoms with Crippen molar-refractivity contribution in [1.82, 2.24) is 19.7 Å². The molecule has 2 fully saturated rings. The van der Waals surface area contributed by atoms with Gasteiger partial charge in [-0.1, -0.05) is 19.3 Å². The topological polar surface area (TPSA) is 46.0 Å². The van der Waals surface area contributed by atoms with Crippen LogP contribution in [0.2, 0.25) is 0 Å². The van der Waals surface area contributed by atoms with E-state index in [1.54, 1.807) is 6.20 Å². The highest BCUT2D eigenvalue weighted by molar-refractivity contribution is 5.62. The summed E-state index contributed by atoms with van der Waals surface area (Å²) < 4.78 is 28.8. The number of hydrogen-bond acceptors (Lipinski definition) is 4. The SMILES string of the molecule is Cc1ccncc1Nc1nn(CCN2CCC(F)(F)CC2)cc1C1CCCCC1. The number of aryl methyl sites for hydroxylation is 1. The fourth-order valence-electron chi connectivity index (χ4n) is 4.43. The molecule has 0 aromatic carbocycles. The predicted octanol–water partition coefficient (Wildman–Crippen LogP) is 5.11. The third-order valence-corrected chi connectivity index (χ3v) is 6.36. The maximum atomic E-state index is 13.4. The summed E-state index contributed by atoms with van der Waals surface area (Å²) in [5, 5.41) is 8.34. The Morgan fingerprint density at radius 3 is 2.62 bits per heavy atom. The van der Waals surface area contributed by atoms with Crippen molar-refractivity contribution in [3.05, 3.63) is 35.8 Å². The zero-order chi connectivity index (χ0) is 20.3. The lowest BCUT2D eigenvalue weighted by molar-refractivity contribution is -0.0555. The largest absolute Gasteiger partial charge is 0.337 e. The van der Waals surface area contributed by atoms with Gasteiger partial charge in [-0.15, -0.1) is 0 Å². The molecule has 1 saturated heterocycles. The van der Waals surface area contributed by atoms with E-state index in [-0.39, 0.29) is 12.8 Å². The van der Waals surface area contributed by atoms with Crippen molar-refractivity contribution in [1.29, 1.82) is 0 Å². The normalized spacial score (nSPS) is 20.7. The summed E-state index contributed by atoms with van der Waals surface area (Å²) in [6.45, 7) is 4.47. The molecule has 5 nitrogen and oxygen atoms in total. The number of piperidine rings is 1. The van der Waals surface area contributed by atoms with Crippen LogP contribution in [0.3, 0.4) is 0 Å². The van der Waals surface area contributed by atoms with Gasteiger partial charge < -0.3 is 10.2 Å². The summed E-state index contributed by atoms with van der Waals surface area (Å²) in [5.74, 6) is -1.04. The van der Waals surface area contributed by atoms with Crippen molar-refractivity contribution >= 4 is 11.5 Å². The minimum atomic E-state index is -2.49. The van der Waals surface area contributed by atoms with Crippen molar-refractivity contribution in [3.8, 4) is 0 Å². The summed E-state index contributed by atoms with van der Waals surface area (Å²) in [4.78, 5) is 6.36. The van der Waals surface area contributed by atoms with Crippen molar-refractivity contribution in [2.75, 3.05) is 25.0 Å². The molecule has 3 heterocycles. The fraction of sp³-hybridized carbons (Fsp3) is 0.636.